The van der Waals surface area contributed by atoms with Gasteiger partial charge < -0.3 is 5.11 Å². The van der Waals surface area contributed by atoms with Gasteiger partial charge in [-0.25, -0.2) is 0 Å². The third-order valence-corrected chi connectivity index (χ3v) is 3.62. The maximum absolute atomic E-state index is 12.6. The number of ketones is 1. The van der Waals surface area contributed by atoms with E-state index < -0.39 is 0 Å². The molecule has 0 radical (unpaired) electrons. The van der Waals surface area contributed by atoms with Crippen molar-refractivity contribution in [2.45, 2.75) is 6.92 Å². The minimum Gasteiger partial charge on any atom is -0.507 e. The second-order valence-electron chi connectivity index (χ2n) is 5.27. The molecule has 0 saturated carbocycles. The summed E-state index contributed by atoms with van der Waals surface area (Å²) < 4.78 is 0. The monoisotopic (exact) mass is 288 g/mol. The van der Waals surface area contributed by atoms with Crippen molar-refractivity contribution >= 4 is 5.78 Å². The Balaban J connectivity index is 2.14. The molecule has 108 valence electrons. The van der Waals surface area contributed by atoms with E-state index in [2.05, 4.69) is 0 Å². The summed E-state index contributed by atoms with van der Waals surface area (Å²) in [4.78, 5) is 12.6. The first kappa shape index (κ1) is 14.1. The van der Waals surface area contributed by atoms with Gasteiger partial charge in [-0.05, 0) is 30.2 Å². The van der Waals surface area contributed by atoms with Crippen LogP contribution in [0.4, 0.5) is 0 Å². The Bertz CT molecular complexity index is 806. The quantitative estimate of drug-likeness (QED) is 0.715. The molecule has 2 heteroatoms. The Kier molecular flexibility index (Phi) is 3.75. The topological polar surface area (TPSA) is 37.3 Å². The molecule has 3 aromatic carbocycles. The molecule has 3 rings (SSSR count). The van der Waals surface area contributed by atoms with Gasteiger partial charge >= 0.3 is 0 Å². The number of phenolic OH excluding ortho intramolecular Hbond substituents is 1. The van der Waals surface area contributed by atoms with Gasteiger partial charge in [-0.15, -0.1) is 0 Å². The molecule has 3 aromatic rings. The van der Waals surface area contributed by atoms with E-state index in [4.69, 9.17) is 0 Å². The van der Waals surface area contributed by atoms with Crippen LogP contribution in [0.15, 0.2) is 72.8 Å². The van der Waals surface area contributed by atoms with E-state index in [1.54, 1.807) is 18.2 Å². The van der Waals surface area contributed by atoms with Gasteiger partial charge in [-0.3, -0.25) is 4.79 Å². The third-order valence-electron chi connectivity index (χ3n) is 3.62. The lowest BCUT2D eigenvalue weighted by Crippen LogP contribution is -2.03. The summed E-state index contributed by atoms with van der Waals surface area (Å²) in [5, 5.41) is 10.6. The molecule has 0 heterocycles. The first-order valence-corrected chi connectivity index (χ1v) is 7.15. The lowest BCUT2D eigenvalue weighted by Gasteiger charge is -2.11. The lowest BCUT2D eigenvalue weighted by atomic mass is 9.94. The van der Waals surface area contributed by atoms with E-state index in [-0.39, 0.29) is 11.5 Å². The predicted molar refractivity (Wildman–Crippen MR) is 88.2 cm³/mol. The summed E-state index contributed by atoms with van der Waals surface area (Å²) in [6.07, 6.45) is 0. The average Bonchev–Trinajstić information content (AvgIpc) is 2.57. The number of hydrogen-bond donors (Lipinski definition) is 1. The molecule has 0 aromatic heterocycles. The van der Waals surface area contributed by atoms with Crippen LogP contribution < -0.4 is 0 Å². The molecule has 0 aliphatic rings. The smallest absolute Gasteiger partial charge is 0.196 e. The van der Waals surface area contributed by atoms with E-state index in [9.17, 15) is 9.90 Å². The van der Waals surface area contributed by atoms with Crippen molar-refractivity contribution in [1.82, 2.24) is 0 Å². The van der Waals surface area contributed by atoms with Crippen molar-refractivity contribution in [2.75, 3.05) is 0 Å². The summed E-state index contributed by atoms with van der Waals surface area (Å²) in [7, 11) is 0. The van der Waals surface area contributed by atoms with Crippen molar-refractivity contribution in [1.29, 1.82) is 0 Å². The predicted octanol–water partition coefficient (Wildman–Crippen LogP) is 4.60. The zero-order valence-electron chi connectivity index (χ0n) is 12.3. The van der Waals surface area contributed by atoms with Crippen molar-refractivity contribution in [3.05, 3.63) is 89.5 Å². The molecule has 0 aliphatic carbocycles. The standard InChI is InChI=1S/C20H16O2/c1-14-12-17(15-8-4-2-5-9-15)20(22)18(13-14)19(21)16-10-6-3-7-11-16/h2-13,22H,1H3. The van der Waals surface area contributed by atoms with Crippen LogP contribution in [-0.2, 0) is 0 Å². The van der Waals surface area contributed by atoms with Gasteiger partial charge in [-0.1, -0.05) is 60.7 Å². The maximum atomic E-state index is 12.6. The number of rotatable bonds is 3. The fraction of sp³-hybridized carbons (Fsp3) is 0.0500. The largest absolute Gasteiger partial charge is 0.507 e. The molecular formula is C20H16O2. The molecule has 0 fully saturated rings. The number of carbonyl (C=O) groups excluding carboxylic acids is 1. The van der Waals surface area contributed by atoms with Crippen LogP contribution in [0.5, 0.6) is 5.75 Å². The van der Waals surface area contributed by atoms with Gasteiger partial charge in [-0.2, -0.15) is 0 Å². The van der Waals surface area contributed by atoms with Crippen molar-refractivity contribution in [3.8, 4) is 16.9 Å². The molecule has 2 nitrogen and oxygen atoms in total. The molecule has 0 amide bonds. The Morgan fingerprint density at radius 3 is 2.09 bits per heavy atom. The molecule has 1 N–H and O–H groups in total. The van der Waals surface area contributed by atoms with Crippen LogP contribution in [-0.4, -0.2) is 10.9 Å². The SMILES string of the molecule is Cc1cc(C(=O)c2ccccc2)c(O)c(-c2ccccc2)c1. The Hall–Kier alpha value is -2.87. The van der Waals surface area contributed by atoms with E-state index in [1.165, 1.54) is 0 Å². The average molecular weight is 288 g/mol. The van der Waals surface area contributed by atoms with E-state index >= 15 is 0 Å². The zero-order chi connectivity index (χ0) is 15.5. The second kappa shape index (κ2) is 5.86. The molecule has 0 aliphatic heterocycles. The second-order valence-corrected chi connectivity index (χ2v) is 5.27. The lowest BCUT2D eigenvalue weighted by molar-refractivity contribution is 0.103. The summed E-state index contributed by atoms with van der Waals surface area (Å²) in [5.41, 5.74) is 3.43. The summed E-state index contributed by atoms with van der Waals surface area (Å²) in [5.74, 6) is -0.135. The third kappa shape index (κ3) is 2.63. The molecular weight excluding hydrogens is 272 g/mol. The van der Waals surface area contributed by atoms with E-state index in [0.29, 0.717) is 16.7 Å². The first-order valence-electron chi connectivity index (χ1n) is 7.15. The van der Waals surface area contributed by atoms with Gasteiger partial charge in [0.25, 0.3) is 0 Å². The van der Waals surface area contributed by atoms with Gasteiger partial charge in [0.2, 0.25) is 0 Å². The summed E-state index contributed by atoms with van der Waals surface area (Å²) in [6.45, 7) is 1.92. The fourth-order valence-corrected chi connectivity index (χ4v) is 2.53. The van der Waals surface area contributed by atoms with Crippen LogP contribution in [0.3, 0.4) is 0 Å². The number of benzene rings is 3. The van der Waals surface area contributed by atoms with Crippen LogP contribution in [0.1, 0.15) is 21.5 Å². The number of carbonyl (C=O) groups is 1. The molecule has 0 atom stereocenters. The number of hydrogen-bond acceptors (Lipinski definition) is 2. The van der Waals surface area contributed by atoms with Crippen molar-refractivity contribution < 1.29 is 9.90 Å². The highest BCUT2D eigenvalue weighted by Gasteiger charge is 2.17. The van der Waals surface area contributed by atoms with Gasteiger partial charge in [0.05, 0.1) is 5.56 Å². The van der Waals surface area contributed by atoms with Crippen LogP contribution in [0.25, 0.3) is 11.1 Å². The highest BCUT2D eigenvalue weighted by molar-refractivity contribution is 6.11. The zero-order valence-corrected chi connectivity index (χ0v) is 12.3. The Morgan fingerprint density at radius 2 is 1.45 bits per heavy atom. The fourth-order valence-electron chi connectivity index (χ4n) is 2.53. The van der Waals surface area contributed by atoms with Crippen molar-refractivity contribution in [2.24, 2.45) is 0 Å². The first-order chi connectivity index (χ1) is 10.7. The normalized spacial score (nSPS) is 10.4. The Labute approximate surface area is 129 Å². The summed E-state index contributed by atoms with van der Waals surface area (Å²) in [6, 6.07) is 22.2. The summed E-state index contributed by atoms with van der Waals surface area (Å²) >= 11 is 0. The van der Waals surface area contributed by atoms with Gasteiger partial charge in [0, 0.05) is 11.1 Å². The molecule has 0 spiro atoms. The van der Waals surface area contributed by atoms with Crippen LogP contribution in [0, 0.1) is 6.92 Å². The highest BCUT2D eigenvalue weighted by Crippen LogP contribution is 2.34. The van der Waals surface area contributed by atoms with Crippen molar-refractivity contribution in [3.63, 3.8) is 0 Å². The van der Waals surface area contributed by atoms with Crippen LogP contribution >= 0.6 is 0 Å². The molecule has 0 bridgehead atoms. The Morgan fingerprint density at radius 1 is 0.864 bits per heavy atom. The minimum atomic E-state index is -0.168. The van der Waals surface area contributed by atoms with E-state index in [0.717, 1.165) is 11.1 Å². The highest BCUT2D eigenvalue weighted by atomic mass is 16.3. The molecule has 22 heavy (non-hydrogen) atoms. The number of aryl methyl sites for hydroxylation is 1. The molecule has 0 saturated heterocycles. The number of aromatic hydroxyl groups is 1. The molecule has 0 unspecified atom stereocenters. The van der Waals surface area contributed by atoms with Gasteiger partial charge in [0.1, 0.15) is 5.75 Å². The minimum absolute atomic E-state index is 0.0330. The maximum Gasteiger partial charge on any atom is 0.196 e. The number of phenols is 1. The van der Waals surface area contributed by atoms with Gasteiger partial charge in [0.15, 0.2) is 5.78 Å². The van der Waals surface area contributed by atoms with Crippen LogP contribution in [0.2, 0.25) is 0 Å². The van der Waals surface area contributed by atoms with E-state index in [1.807, 2.05) is 61.5 Å².